The highest BCUT2D eigenvalue weighted by atomic mass is 19.1. The van der Waals surface area contributed by atoms with Crippen LogP contribution in [-0.4, -0.2) is 50.6 Å². The van der Waals surface area contributed by atoms with Gasteiger partial charge in [0, 0.05) is 18.1 Å². The molecule has 7 nitrogen and oxygen atoms in total. The van der Waals surface area contributed by atoms with Crippen molar-refractivity contribution in [2.24, 2.45) is 5.16 Å². The number of benzene rings is 1. The Balaban J connectivity index is 1.99. The second kappa shape index (κ2) is 8.52. The maximum Gasteiger partial charge on any atom is 0.335 e. The van der Waals surface area contributed by atoms with Crippen LogP contribution in [0.25, 0.3) is 0 Å². The topological polar surface area (TPSA) is 86.2 Å². The minimum Gasteiger partial charge on any atom is -0.467 e. The van der Waals surface area contributed by atoms with Crippen molar-refractivity contribution in [1.29, 1.82) is 0 Å². The fourth-order valence-electron chi connectivity index (χ4n) is 2.47. The molecule has 0 aromatic heterocycles. The van der Waals surface area contributed by atoms with E-state index in [-0.39, 0.29) is 36.8 Å². The van der Waals surface area contributed by atoms with E-state index in [1.807, 2.05) is 0 Å². The van der Waals surface area contributed by atoms with Gasteiger partial charge in [0.05, 0.1) is 31.9 Å². The number of carbonyl (C=O) groups is 2. The minimum atomic E-state index is -0.788. The van der Waals surface area contributed by atoms with Crippen molar-refractivity contribution in [2.75, 3.05) is 20.8 Å². The zero-order valence-corrected chi connectivity index (χ0v) is 13.8. The lowest BCUT2D eigenvalue weighted by atomic mass is 10.1. The minimum absolute atomic E-state index is 0.0711. The Kier molecular flexibility index (Phi) is 6.40. The van der Waals surface area contributed by atoms with Gasteiger partial charge >= 0.3 is 5.97 Å². The van der Waals surface area contributed by atoms with Gasteiger partial charge in [-0.2, -0.15) is 0 Å². The maximum absolute atomic E-state index is 13.3. The van der Waals surface area contributed by atoms with E-state index in [0.717, 1.165) is 18.2 Å². The molecule has 0 aliphatic carbocycles. The largest absolute Gasteiger partial charge is 0.467 e. The lowest BCUT2D eigenvalue weighted by Gasteiger charge is -2.12. The van der Waals surface area contributed by atoms with Crippen LogP contribution in [0.5, 0.6) is 0 Å². The predicted octanol–water partition coefficient (Wildman–Crippen LogP) is 1.15. The zero-order valence-electron chi connectivity index (χ0n) is 13.8. The number of hydrogen-bond acceptors (Lipinski definition) is 6. The summed E-state index contributed by atoms with van der Waals surface area (Å²) in [6.07, 6.45) is -0.695. The highest BCUT2D eigenvalue weighted by Crippen LogP contribution is 2.16. The van der Waals surface area contributed by atoms with Crippen LogP contribution in [0, 0.1) is 11.6 Å². The smallest absolute Gasteiger partial charge is 0.335 e. The first-order valence-electron chi connectivity index (χ1n) is 7.48. The molecule has 0 bridgehead atoms. The number of oxime groups is 1. The first-order valence-corrected chi connectivity index (χ1v) is 7.48. The van der Waals surface area contributed by atoms with E-state index in [9.17, 15) is 18.4 Å². The van der Waals surface area contributed by atoms with Crippen molar-refractivity contribution in [1.82, 2.24) is 5.32 Å². The second-order valence-electron chi connectivity index (χ2n) is 5.40. The highest BCUT2D eigenvalue weighted by molar-refractivity contribution is 6.10. The van der Waals surface area contributed by atoms with Crippen LogP contribution < -0.4 is 5.32 Å². The van der Waals surface area contributed by atoms with Crippen molar-refractivity contribution in [3.05, 3.63) is 35.4 Å². The first kappa shape index (κ1) is 18.8. The van der Waals surface area contributed by atoms with E-state index < -0.39 is 29.6 Å². The van der Waals surface area contributed by atoms with Crippen LogP contribution in [0.2, 0.25) is 0 Å². The molecule has 1 N–H and O–H groups in total. The standard InChI is InChI=1S/C16H18F2N2O5/c1-23-16(22)14-6-12(8-25-14)19-15(21)7-13(20-24-2)9-3-10(17)5-11(18)4-9/h3-5,12,14H,6-8H2,1-2H3,(H,19,21)/b20-13+. The van der Waals surface area contributed by atoms with E-state index in [2.05, 4.69) is 20.0 Å². The van der Waals surface area contributed by atoms with Gasteiger partial charge < -0.3 is 19.6 Å². The van der Waals surface area contributed by atoms with Crippen LogP contribution in [0.3, 0.4) is 0 Å². The van der Waals surface area contributed by atoms with Crippen molar-refractivity contribution >= 4 is 17.6 Å². The summed E-state index contributed by atoms with van der Waals surface area (Å²) < 4.78 is 36.5. The van der Waals surface area contributed by atoms with Gasteiger partial charge in [0.1, 0.15) is 18.7 Å². The van der Waals surface area contributed by atoms with Crippen LogP contribution in [0.1, 0.15) is 18.4 Å². The molecule has 0 spiro atoms. The van der Waals surface area contributed by atoms with Crippen molar-refractivity contribution in [3.8, 4) is 0 Å². The van der Waals surface area contributed by atoms with Gasteiger partial charge in [-0.25, -0.2) is 13.6 Å². The Labute approximate surface area is 142 Å². The van der Waals surface area contributed by atoms with Gasteiger partial charge in [0.2, 0.25) is 5.91 Å². The summed E-state index contributed by atoms with van der Waals surface area (Å²) in [4.78, 5) is 28.2. The number of ether oxygens (including phenoxy) is 2. The fourth-order valence-corrected chi connectivity index (χ4v) is 2.47. The molecule has 1 fully saturated rings. The van der Waals surface area contributed by atoms with Gasteiger partial charge in [-0.05, 0) is 12.1 Å². The number of rotatable bonds is 6. The lowest BCUT2D eigenvalue weighted by molar-refractivity contribution is -0.151. The number of nitrogens with zero attached hydrogens (tertiary/aromatic N) is 1. The molecule has 1 heterocycles. The van der Waals surface area contributed by atoms with Gasteiger partial charge in [0.25, 0.3) is 0 Å². The molecule has 25 heavy (non-hydrogen) atoms. The molecule has 136 valence electrons. The molecule has 0 radical (unpaired) electrons. The molecule has 1 aliphatic heterocycles. The van der Waals surface area contributed by atoms with E-state index >= 15 is 0 Å². The summed E-state index contributed by atoms with van der Waals surface area (Å²) in [6.45, 7) is 0.164. The molecule has 1 aromatic carbocycles. The molecule has 0 saturated carbocycles. The summed E-state index contributed by atoms with van der Waals surface area (Å²) >= 11 is 0. The van der Waals surface area contributed by atoms with Crippen molar-refractivity contribution in [2.45, 2.75) is 25.0 Å². The van der Waals surface area contributed by atoms with E-state index in [1.165, 1.54) is 14.2 Å². The molecule has 1 saturated heterocycles. The monoisotopic (exact) mass is 356 g/mol. The average Bonchev–Trinajstić information content (AvgIpc) is 3.01. The number of methoxy groups -OCH3 is 1. The average molecular weight is 356 g/mol. The Bertz CT molecular complexity index is 660. The second-order valence-corrected chi connectivity index (χ2v) is 5.40. The zero-order chi connectivity index (χ0) is 18.4. The van der Waals surface area contributed by atoms with Crippen LogP contribution in [0.4, 0.5) is 8.78 Å². The Morgan fingerprint density at radius 1 is 1.28 bits per heavy atom. The molecule has 2 unspecified atom stereocenters. The summed E-state index contributed by atoms with van der Waals surface area (Å²) in [6, 6.07) is 2.46. The molecule has 1 aromatic rings. The van der Waals surface area contributed by atoms with Gasteiger partial charge in [0.15, 0.2) is 6.10 Å². The Morgan fingerprint density at radius 2 is 1.96 bits per heavy atom. The third-order valence-electron chi connectivity index (χ3n) is 3.55. The predicted molar refractivity (Wildman–Crippen MR) is 82.8 cm³/mol. The summed E-state index contributed by atoms with van der Waals surface area (Å²) in [7, 11) is 2.52. The molecular weight excluding hydrogens is 338 g/mol. The number of carbonyl (C=O) groups excluding carboxylic acids is 2. The molecule has 1 aliphatic rings. The Hall–Kier alpha value is -2.55. The third kappa shape index (κ3) is 5.21. The fraction of sp³-hybridized carbons (Fsp3) is 0.438. The highest BCUT2D eigenvalue weighted by Gasteiger charge is 2.32. The van der Waals surface area contributed by atoms with E-state index in [0.29, 0.717) is 0 Å². The number of amides is 1. The summed E-state index contributed by atoms with van der Waals surface area (Å²) in [5.74, 6) is -2.53. The quantitative estimate of drug-likeness (QED) is 0.469. The number of halogens is 2. The SMILES string of the molecule is CO/N=C(\CC(=O)NC1COC(C(=O)OC)C1)c1cc(F)cc(F)c1. The van der Waals surface area contributed by atoms with Crippen molar-refractivity contribution < 1.29 is 32.7 Å². The molecule has 9 heteroatoms. The van der Waals surface area contributed by atoms with E-state index in [1.54, 1.807) is 0 Å². The van der Waals surface area contributed by atoms with Gasteiger partial charge in [-0.3, -0.25) is 4.79 Å². The number of hydrogen-bond donors (Lipinski definition) is 1. The Morgan fingerprint density at radius 3 is 2.56 bits per heavy atom. The van der Waals surface area contributed by atoms with Crippen LogP contribution in [-0.2, 0) is 23.9 Å². The molecular formula is C16H18F2N2O5. The number of nitrogens with one attached hydrogen (secondary N) is 1. The number of esters is 1. The van der Waals surface area contributed by atoms with Crippen LogP contribution >= 0.6 is 0 Å². The van der Waals surface area contributed by atoms with E-state index in [4.69, 9.17) is 4.74 Å². The van der Waals surface area contributed by atoms with Gasteiger partial charge in [-0.1, -0.05) is 5.16 Å². The van der Waals surface area contributed by atoms with Crippen molar-refractivity contribution in [3.63, 3.8) is 0 Å². The summed E-state index contributed by atoms with van der Waals surface area (Å²) in [5.41, 5.74) is 0.173. The first-order chi connectivity index (χ1) is 11.9. The third-order valence-corrected chi connectivity index (χ3v) is 3.55. The molecule has 1 amide bonds. The maximum atomic E-state index is 13.3. The molecule has 2 atom stereocenters. The lowest BCUT2D eigenvalue weighted by Crippen LogP contribution is -2.36. The van der Waals surface area contributed by atoms with Gasteiger partial charge in [-0.15, -0.1) is 0 Å². The molecule has 2 rings (SSSR count). The summed E-state index contributed by atoms with van der Waals surface area (Å²) in [5, 5.41) is 6.34. The normalized spacial score (nSPS) is 20.2. The van der Waals surface area contributed by atoms with Crippen LogP contribution in [0.15, 0.2) is 23.4 Å².